The van der Waals surface area contributed by atoms with Crippen molar-refractivity contribution in [2.45, 2.75) is 52.7 Å². The average molecular weight is 425 g/mol. The quantitative estimate of drug-likeness (QED) is 0.217. The van der Waals surface area contributed by atoms with Gasteiger partial charge < -0.3 is 34.6 Å². The minimum atomic E-state index is -2.15. The summed E-state index contributed by atoms with van der Waals surface area (Å²) >= 11 is 0. The number of benzene rings is 1. The second kappa shape index (κ2) is 12.8. The molecule has 0 bridgehead atoms. The first-order valence-corrected chi connectivity index (χ1v) is 9.68. The summed E-state index contributed by atoms with van der Waals surface area (Å²) in [6.07, 6.45) is 0.0319. The summed E-state index contributed by atoms with van der Waals surface area (Å²) in [7, 11) is -2.15. The maximum Gasteiger partial charge on any atom is 0.635 e. The van der Waals surface area contributed by atoms with Crippen LogP contribution in [0, 0.1) is 5.92 Å². The van der Waals surface area contributed by atoms with E-state index in [0.717, 1.165) is 0 Å². The van der Waals surface area contributed by atoms with Crippen LogP contribution in [0.2, 0.25) is 0 Å². The Balaban J connectivity index is 2.81. The van der Waals surface area contributed by atoms with Crippen molar-refractivity contribution in [3.05, 3.63) is 29.3 Å². The Morgan fingerprint density at radius 1 is 1.10 bits per heavy atom. The molecule has 0 aliphatic carbocycles. The molecule has 0 fully saturated rings. The Kier molecular flexibility index (Phi) is 10.9. The van der Waals surface area contributed by atoms with Gasteiger partial charge in [0.1, 0.15) is 17.5 Å². The van der Waals surface area contributed by atoms with Crippen LogP contribution < -0.4 is 5.32 Å². The van der Waals surface area contributed by atoms with Gasteiger partial charge in [-0.05, 0) is 24.5 Å². The fourth-order valence-corrected chi connectivity index (χ4v) is 2.64. The molecule has 0 radical (unpaired) electrons. The van der Waals surface area contributed by atoms with Gasteiger partial charge in [-0.15, -0.1) is 0 Å². The molecule has 0 saturated heterocycles. The Labute approximate surface area is 175 Å². The number of phenolic OH excluding ortho intramolecular Hbond substituents is 1. The second-order valence-corrected chi connectivity index (χ2v) is 6.42. The van der Waals surface area contributed by atoms with E-state index in [2.05, 4.69) is 5.32 Å². The first kappa shape index (κ1) is 25.4. The molecule has 10 nitrogen and oxygen atoms in total. The van der Waals surface area contributed by atoms with Crippen LogP contribution in [0.15, 0.2) is 18.2 Å². The zero-order valence-corrected chi connectivity index (χ0v) is 17.3. The summed E-state index contributed by atoms with van der Waals surface area (Å²) in [4.78, 5) is 35.6. The van der Waals surface area contributed by atoms with Crippen LogP contribution in [0.5, 0.6) is 5.75 Å². The highest BCUT2D eigenvalue weighted by Gasteiger charge is 2.23. The number of amides is 1. The van der Waals surface area contributed by atoms with E-state index in [1.165, 1.54) is 18.2 Å². The molecule has 11 heteroatoms. The summed E-state index contributed by atoms with van der Waals surface area (Å²) < 4.78 is 14.6. The van der Waals surface area contributed by atoms with Gasteiger partial charge in [0.25, 0.3) is 0 Å². The maximum absolute atomic E-state index is 12.2. The van der Waals surface area contributed by atoms with E-state index >= 15 is 0 Å². The van der Waals surface area contributed by atoms with Gasteiger partial charge in [0.05, 0.1) is 5.92 Å². The lowest BCUT2D eigenvalue weighted by Gasteiger charge is -2.20. The van der Waals surface area contributed by atoms with Crippen LogP contribution in [0.3, 0.4) is 0 Å². The lowest BCUT2D eigenvalue weighted by Crippen LogP contribution is -2.42. The predicted octanol–water partition coefficient (Wildman–Crippen LogP) is 0.867. The molecule has 1 aromatic carbocycles. The first-order chi connectivity index (χ1) is 14.2. The Hall–Kier alpha value is -2.63. The molecule has 1 amide bonds. The van der Waals surface area contributed by atoms with Crippen LogP contribution in [-0.2, 0) is 30.1 Å². The smallest absolute Gasteiger partial charge is 0.507 e. The zero-order chi connectivity index (χ0) is 22.7. The topological polar surface area (TPSA) is 152 Å². The number of carbonyl (C=O) groups is 3. The summed E-state index contributed by atoms with van der Waals surface area (Å²) in [6.45, 7) is 4.71. The number of phenols is 1. The highest BCUT2D eigenvalue weighted by molar-refractivity contribution is 6.32. The van der Waals surface area contributed by atoms with Crippen molar-refractivity contribution in [1.29, 1.82) is 0 Å². The summed E-state index contributed by atoms with van der Waals surface area (Å²) in [5, 5.41) is 30.9. The monoisotopic (exact) mass is 425 g/mol. The number of carbonyl (C=O) groups excluding carboxylic acids is 3. The van der Waals surface area contributed by atoms with Crippen LogP contribution in [0.4, 0.5) is 0 Å². The predicted molar refractivity (Wildman–Crippen MR) is 106 cm³/mol. The molecule has 0 unspecified atom stereocenters. The van der Waals surface area contributed by atoms with Crippen molar-refractivity contribution in [2.24, 2.45) is 5.92 Å². The van der Waals surface area contributed by atoms with Crippen LogP contribution in [-0.4, -0.2) is 53.3 Å². The Morgan fingerprint density at radius 2 is 1.77 bits per heavy atom. The van der Waals surface area contributed by atoms with Crippen molar-refractivity contribution >= 4 is 25.2 Å². The maximum atomic E-state index is 12.2. The lowest BCUT2D eigenvalue weighted by molar-refractivity contribution is -0.157. The van der Waals surface area contributed by atoms with Crippen molar-refractivity contribution in [1.82, 2.24) is 5.32 Å². The number of nitrogens with one attached hydrogen (secondary N) is 1. The van der Waals surface area contributed by atoms with Crippen molar-refractivity contribution in [3.63, 3.8) is 0 Å². The number of aromatic hydroxyl groups is 1. The minimum Gasteiger partial charge on any atom is -0.507 e. The van der Waals surface area contributed by atoms with Crippen LogP contribution in [0.1, 0.15) is 56.0 Å². The standard InChI is InChI=1S/C19H28BNO9/c1-4-12(5-2)18(24)28-11-29-19(25)14-9-7-8-13(17(14)23)10-16(30-20(26)27)21-15(22)6-3/h7-9,12,16,23,26-27H,4-6,10-11H2,1-3H3,(H,21,22)/t16-/m1/s1. The van der Waals surface area contributed by atoms with Gasteiger partial charge in [0.15, 0.2) is 0 Å². The lowest BCUT2D eigenvalue weighted by atomic mass is 10.0. The normalized spacial score (nSPS) is 11.7. The van der Waals surface area contributed by atoms with Crippen molar-refractivity contribution < 1.29 is 43.7 Å². The van der Waals surface area contributed by atoms with Crippen molar-refractivity contribution in [3.8, 4) is 5.75 Å². The molecule has 30 heavy (non-hydrogen) atoms. The summed E-state index contributed by atoms with van der Waals surface area (Å²) in [5.41, 5.74) is 0.0109. The SMILES string of the molecule is CCC(=O)N[C@@H](Cc1cccc(C(=O)OCOC(=O)C(CC)CC)c1O)OB(O)O. The highest BCUT2D eigenvalue weighted by atomic mass is 16.7. The van der Waals surface area contributed by atoms with Gasteiger partial charge >= 0.3 is 19.3 Å². The van der Waals surface area contributed by atoms with Gasteiger partial charge in [-0.1, -0.05) is 32.9 Å². The molecule has 1 rings (SSSR count). The minimum absolute atomic E-state index is 0.134. The van der Waals surface area contributed by atoms with Gasteiger partial charge in [-0.25, -0.2) is 4.79 Å². The molecule has 0 heterocycles. The van der Waals surface area contributed by atoms with E-state index < -0.39 is 43.9 Å². The molecule has 4 N–H and O–H groups in total. The molecule has 1 atom stereocenters. The molecule has 0 saturated carbocycles. The fourth-order valence-electron chi connectivity index (χ4n) is 2.64. The molecular weight excluding hydrogens is 397 g/mol. The second-order valence-electron chi connectivity index (χ2n) is 6.42. The largest absolute Gasteiger partial charge is 0.635 e. The molecule has 0 spiro atoms. The summed E-state index contributed by atoms with van der Waals surface area (Å²) in [5.74, 6) is -2.50. The van der Waals surface area contributed by atoms with Crippen LogP contribution in [0.25, 0.3) is 0 Å². The molecule has 0 aromatic heterocycles. The van der Waals surface area contributed by atoms with Gasteiger partial charge in [-0.2, -0.15) is 0 Å². The Morgan fingerprint density at radius 3 is 2.33 bits per heavy atom. The molecule has 1 aromatic rings. The number of hydrogen-bond donors (Lipinski definition) is 4. The third-order valence-electron chi connectivity index (χ3n) is 4.38. The van der Waals surface area contributed by atoms with E-state index in [0.29, 0.717) is 12.8 Å². The number of esters is 2. The number of hydrogen-bond acceptors (Lipinski definition) is 9. The number of rotatable bonds is 12. The van der Waals surface area contributed by atoms with Gasteiger partial charge in [-0.3, -0.25) is 9.59 Å². The molecule has 0 aliphatic heterocycles. The van der Waals surface area contributed by atoms with Crippen molar-refractivity contribution in [2.75, 3.05) is 6.79 Å². The third-order valence-corrected chi connectivity index (χ3v) is 4.38. The van der Waals surface area contributed by atoms with E-state index in [1.807, 2.05) is 13.8 Å². The Bertz CT molecular complexity index is 722. The molecule has 0 aliphatic rings. The van der Waals surface area contributed by atoms with E-state index in [-0.39, 0.29) is 29.9 Å². The summed E-state index contributed by atoms with van der Waals surface area (Å²) in [6, 6.07) is 4.25. The van der Waals surface area contributed by atoms with Gasteiger partial charge in [0, 0.05) is 12.8 Å². The zero-order valence-electron chi connectivity index (χ0n) is 17.3. The number of ether oxygens (including phenoxy) is 2. The fraction of sp³-hybridized carbons (Fsp3) is 0.526. The first-order valence-electron chi connectivity index (χ1n) is 9.68. The number of para-hydroxylation sites is 1. The van der Waals surface area contributed by atoms with E-state index in [4.69, 9.17) is 24.2 Å². The van der Waals surface area contributed by atoms with Gasteiger partial charge in [0.2, 0.25) is 12.7 Å². The highest BCUT2D eigenvalue weighted by Crippen LogP contribution is 2.25. The van der Waals surface area contributed by atoms with E-state index in [9.17, 15) is 19.5 Å². The average Bonchev–Trinajstić information content (AvgIpc) is 2.69. The molecule has 166 valence electrons. The van der Waals surface area contributed by atoms with E-state index in [1.54, 1.807) is 6.92 Å². The van der Waals surface area contributed by atoms with Crippen LogP contribution >= 0.6 is 0 Å². The third kappa shape index (κ3) is 8.01. The molecular formula is C19H28BNO9.